The molecular weight excluding hydrogens is 412 g/mol. The minimum atomic E-state index is -0.842. The first-order chi connectivity index (χ1) is 15.4. The minimum absolute atomic E-state index is 0.0372. The first-order valence-electron chi connectivity index (χ1n) is 10.7. The van der Waals surface area contributed by atoms with Gasteiger partial charge in [0, 0.05) is 19.8 Å². The van der Waals surface area contributed by atoms with Crippen LogP contribution in [0.4, 0.5) is 0 Å². The molecule has 1 fully saturated rings. The Morgan fingerprint density at radius 2 is 1.34 bits per heavy atom. The Balaban J connectivity index is 1.82. The smallest absolute Gasteiger partial charge is 0.304 e. The second kappa shape index (κ2) is 11.8. The summed E-state index contributed by atoms with van der Waals surface area (Å²) in [6.45, 7) is 5.21. The number of benzene rings is 2. The first-order valence-corrected chi connectivity index (χ1v) is 10.7. The number of esters is 2. The van der Waals surface area contributed by atoms with Gasteiger partial charge in [-0.2, -0.15) is 0 Å². The number of rotatable bonds is 9. The lowest BCUT2D eigenvalue weighted by Crippen LogP contribution is -2.57. The fourth-order valence-electron chi connectivity index (χ4n) is 3.65. The van der Waals surface area contributed by atoms with Gasteiger partial charge in [0.2, 0.25) is 6.29 Å². The molecule has 0 aromatic heterocycles. The molecule has 7 nitrogen and oxygen atoms in total. The molecule has 0 N–H and O–H groups in total. The number of hydrogen-bond acceptors (Lipinski definition) is 7. The summed E-state index contributed by atoms with van der Waals surface area (Å²) in [5.74, 6) is -1.20. The molecule has 7 heteroatoms. The van der Waals surface area contributed by atoms with Gasteiger partial charge in [-0.15, -0.1) is 0 Å². The molecule has 1 unspecified atom stereocenters. The third kappa shape index (κ3) is 6.88. The zero-order valence-corrected chi connectivity index (χ0v) is 18.6. The molecule has 0 bridgehead atoms. The van der Waals surface area contributed by atoms with Gasteiger partial charge in [0.05, 0.1) is 19.3 Å². The maximum absolute atomic E-state index is 11.6. The van der Waals surface area contributed by atoms with Crippen molar-refractivity contribution in [3.63, 3.8) is 0 Å². The minimum Gasteiger partial charge on any atom is -0.463 e. The second-order valence-corrected chi connectivity index (χ2v) is 7.84. The highest BCUT2D eigenvalue weighted by Crippen LogP contribution is 2.32. The lowest BCUT2D eigenvalue weighted by molar-refractivity contribution is -0.292. The summed E-state index contributed by atoms with van der Waals surface area (Å²) in [4.78, 5) is 23.1. The topological polar surface area (TPSA) is 80.3 Å². The van der Waals surface area contributed by atoms with Crippen LogP contribution in [0.25, 0.3) is 0 Å². The monoisotopic (exact) mass is 442 g/mol. The number of hydrogen-bond donors (Lipinski definition) is 0. The summed E-state index contributed by atoms with van der Waals surface area (Å²) in [7, 11) is 0. The molecule has 2 aromatic carbocycles. The average molecular weight is 443 g/mol. The average Bonchev–Trinajstić information content (AvgIpc) is 2.78. The fourth-order valence-corrected chi connectivity index (χ4v) is 3.65. The van der Waals surface area contributed by atoms with E-state index in [1.54, 1.807) is 0 Å². The molecule has 5 atom stereocenters. The summed E-state index contributed by atoms with van der Waals surface area (Å²) in [5, 5.41) is 0. The highest BCUT2D eigenvalue weighted by atomic mass is 16.7. The third-order valence-electron chi connectivity index (χ3n) is 5.25. The Hall–Kier alpha value is -2.74. The molecule has 1 saturated heterocycles. The SMILES string of the molecule is CC(=O)OC[C@H]1OC(OC(C)=O)[C@H](C)[C@@H](OCc2ccccc2)[C@@H]1OCc1ccccc1. The zero-order valence-electron chi connectivity index (χ0n) is 18.6. The van der Waals surface area contributed by atoms with Crippen molar-refractivity contribution in [3.05, 3.63) is 71.8 Å². The zero-order chi connectivity index (χ0) is 22.9. The lowest BCUT2D eigenvalue weighted by Gasteiger charge is -2.44. The molecule has 3 rings (SSSR count). The molecule has 0 amide bonds. The van der Waals surface area contributed by atoms with Gasteiger partial charge in [-0.3, -0.25) is 9.59 Å². The summed E-state index contributed by atoms with van der Waals surface area (Å²) < 4.78 is 29.2. The first kappa shape index (κ1) is 23.9. The van der Waals surface area contributed by atoms with Crippen molar-refractivity contribution in [1.82, 2.24) is 0 Å². The van der Waals surface area contributed by atoms with Gasteiger partial charge in [0.1, 0.15) is 18.8 Å². The van der Waals surface area contributed by atoms with Gasteiger partial charge in [-0.05, 0) is 11.1 Å². The maximum atomic E-state index is 11.6. The van der Waals surface area contributed by atoms with Crippen molar-refractivity contribution in [1.29, 1.82) is 0 Å². The molecular formula is C25H30O7. The third-order valence-corrected chi connectivity index (χ3v) is 5.25. The molecule has 0 spiro atoms. The summed E-state index contributed by atoms with van der Waals surface area (Å²) >= 11 is 0. The van der Waals surface area contributed by atoms with Crippen LogP contribution in [0.15, 0.2) is 60.7 Å². The van der Waals surface area contributed by atoms with Crippen LogP contribution in [0, 0.1) is 5.92 Å². The van der Waals surface area contributed by atoms with Crippen LogP contribution in [-0.4, -0.2) is 43.1 Å². The van der Waals surface area contributed by atoms with Crippen LogP contribution in [-0.2, 0) is 46.5 Å². The van der Waals surface area contributed by atoms with Gasteiger partial charge >= 0.3 is 11.9 Å². The van der Waals surface area contributed by atoms with Gasteiger partial charge in [-0.25, -0.2) is 0 Å². The van der Waals surface area contributed by atoms with E-state index in [1.165, 1.54) is 13.8 Å². The maximum Gasteiger partial charge on any atom is 0.304 e. The standard InChI is InChI=1S/C25H30O7/c1-17-23(29-14-20-10-6-4-7-11-20)24(30-15-21-12-8-5-9-13-21)22(16-28-18(2)26)32-25(17)31-19(3)27/h4-13,17,22-25H,14-16H2,1-3H3/t17-,22-,23-,24-,25?/m1/s1. The molecule has 172 valence electrons. The van der Waals surface area contributed by atoms with E-state index in [4.69, 9.17) is 23.7 Å². The molecule has 2 aromatic rings. The highest BCUT2D eigenvalue weighted by Gasteiger charge is 2.47. The highest BCUT2D eigenvalue weighted by molar-refractivity contribution is 5.66. The van der Waals surface area contributed by atoms with Crippen molar-refractivity contribution in [2.24, 2.45) is 5.92 Å². The normalized spacial score (nSPS) is 25.2. The Bertz CT molecular complexity index is 812. The van der Waals surface area contributed by atoms with Gasteiger partial charge < -0.3 is 23.7 Å². The number of carbonyl (C=O) groups is 2. The quantitative estimate of drug-likeness (QED) is 0.549. The molecule has 1 aliphatic heterocycles. The number of carbonyl (C=O) groups excluding carboxylic acids is 2. The van der Waals surface area contributed by atoms with Crippen molar-refractivity contribution < 1.29 is 33.3 Å². The van der Waals surface area contributed by atoms with Crippen LogP contribution in [0.3, 0.4) is 0 Å². The van der Waals surface area contributed by atoms with E-state index in [1.807, 2.05) is 67.6 Å². The van der Waals surface area contributed by atoms with Crippen LogP contribution in [0.2, 0.25) is 0 Å². The van der Waals surface area contributed by atoms with Crippen LogP contribution in [0.1, 0.15) is 31.9 Å². The van der Waals surface area contributed by atoms with Gasteiger partial charge in [0.25, 0.3) is 0 Å². The van der Waals surface area contributed by atoms with Crippen molar-refractivity contribution in [2.45, 2.75) is 58.6 Å². The largest absolute Gasteiger partial charge is 0.463 e. The predicted molar refractivity (Wildman–Crippen MR) is 116 cm³/mol. The van der Waals surface area contributed by atoms with Crippen molar-refractivity contribution >= 4 is 11.9 Å². The Morgan fingerprint density at radius 3 is 1.84 bits per heavy atom. The molecule has 32 heavy (non-hydrogen) atoms. The molecule has 1 aliphatic rings. The Morgan fingerprint density at radius 1 is 0.812 bits per heavy atom. The van der Waals surface area contributed by atoms with E-state index in [0.717, 1.165) is 11.1 Å². The van der Waals surface area contributed by atoms with E-state index in [2.05, 4.69) is 0 Å². The summed E-state index contributed by atoms with van der Waals surface area (Å²) in [5.41, 5.74) is 2.00. The van der Waals surface area contributed by atoms with E-state index in [-0.39, 0.29) is 12.5 Å². The molecule has 0 aliphatic carbocycles. The van der Waals surface area contributed by atoms with E-state index >= 15 is 0 Å². The van der Waals surface area contributed by atoms with Crippen molar-refractivity contribution in [3.8, 4) is 0 Å². The Kier molecular flexibility index (Phi) is 8.79. The van der Waals surface area contributed by atoms with Gasteiger partial charge in [0.15, 0.2) is 0 Å². The van der Waals surface area contributed by atoms with E-state index < -0.39 is 36.5 Å². The van der Waals surface area contributed by atoms with Crippen LogP contribution < -0.4 is 0 Å². The molecule has 0 radical (unpaired) electrons. The molecule has 0 saturated carbocycles. The predicted octanol–water partition coefficient (Wildman–Crippen LogP) is 3.64. The number of ether oxygens (including phenoxy) is 5. The van der Waals surface area contributed by atoms with Crippen LogP contribution >= 0.6 is 0 Å². The lowest BCUT2D eigenvalue weighted by atomic mass is 9.91. The van der Waals surface area contributed by atoms with Crippen molar-refractivity contribution in [2.75, 3.05) is 6.61 Å². The van der Waals surface area contributed by atoms with Gasteiger partial charge in [-0.1, -0.05) is 67.6 Å². The van der Waals surface area contributed by atoms with Crippen LogP contribution in [0.5, 0.6) is 0 Å². The van der Waals surface area contributed by atoms with E-state index in [0.29, 0.717) is 13.2 Å². The summed E-state index contributed by atoms with van der Waals surface area (Å²) in [6, 6.07) is 19.5. The fraction of sp³-hybridized carbons (Fsp3) is 0.440. The molecule has 1 heterocycles. The second-order valence-electron chi connectivity index (χ2n) is 7.84. The Labute approximate surface area is 188 Å². The summed E-state index contributed by atoms with van der Waals surface area (Å²) in [6.07, 6.45) is -2.51. The van der Waals surface area contributed by atoms with E-state index in [9.17, 15) is 9.59 Å².